The van der Waals surface area contributed by atoms with E-state index in [0.717, 1.165) is 5.56 Å². The lowest BCUT2D eigenvalue weighted by Gasteiger charge is -2.07. The van der Waals surface area contributed by atoms with E-state index in [9.17, 15) is 9.59 Å². The van der Waals surface area contributed by atoms with E-state index >= 15 is 0 Å². The summed E-state index contributed by atoms with van der Waals surface area (Å²) in [5, 5.41) is 4.46. The van der Waals surface area contributed by atoms with Gasteiger partial charge in [-0.3, -0.25) is 4.57 Å². The van der Waals surface area contributed by atoms with E-state index in [1.807, 2.05) is 6.92 Å². The van der Waals surface area contributed by atoms with Crippen molar-refractivity contribution in [1.82, 2.24) is 9.55 Å². The third-order valence-corrected chi connectivity index (χ3v) is 3.39. The SMILES string of the molecule is COC(=O)c1scc(C)c1NC(=O)n1ccnc1. The van der Waals surface area contributed by atoms with Crippen LogP contribution in [0.5, 0.6) is 0 Å². The van der Waals surface area contributed by atoms with Gasteiger partial charge in [-0.25, -0.2) is 14.6 Å². The molecule has 0 aliphatic heterocycles. The topological polar surface area (TPSA) is 73.2 Å². The lowest BCUT2D eigenvalue weighted by Crippen LogP contribution is -2.19. The number of imidazole rings is 1. The first-order valence-corrected chi connectivity index (χ1v) is 5.97. The number of rotatable bonds is 2. The van der Waals surface area contributed by atoms with Gasteiger partial charge in [-0.15, -0.1) is 11.3 Å². The van der Waals surface area contributed by atoms with E-state index in [1.54, 1.807) is 5.38 Å². The van der Waals surface area contributed by atoms with Crippen LogP contribution in [-0.2, 0) is 4.74 Å². The zero-order chi connectivity index (χ0) is 13.1. The summed E-state index contributed by atoms with van der Waals surface area (Å²) < 4.78 is 5.95. The lowest BCUT2D eigenvalue weighted by atomic mass is 10.2. The van der Waals surface area contributed by atoms with E-state index in [0.29, 0.717) is 10.6 Å². The van der Waals surface area contributed by atoms with Crippen LogP contribution in [0.3, 0.4) is 0 Å². The van der Waals surface area contributed by atoms with Crippen LogP contribution in [0.15, 0.2) is 24.1 Å². The molecule has 2 heterocycles. The minimum absolute atomic E-state index is 0.376. The van der Waals surface area contributed by atoms with Crippen molar-refractivity contribution in [2.45, 2.75) is 6.92 Å². The minimum atomic E-state index is -0.464. The number of hydrogen-bond acceptors (Lipinski definition) is 5. The fraction of sp³-hybridized carbons (Fsp3) is 0.182. The average Bonchev–Trinajstić information content (AvgIpc) is 2.99. The highest BCUT2D eigenvalue weighted by Gasteiger charge is 2.18. The Bertz CT molecular complexity index is 574. The Morgan fingerprint density at radius 3 is 2.89 bits per heavy atom. The summed E-state index contributed by atoms with van der Waals surface area (Å²) in [5.74, 6) is -0.464. The Morgan fingerprint density at radius 1 is 1.50 bits per heavy atom. The number of nitrogens with one attached hydrogen (secondary N) is 1. The Balaban J connectivity index is 2.26. The quantitative estimate of drug-likeness (QED) is 0.844. The van der Waals surface area contributed by atoms with E-state index in [2.05, 4.69) is 15.0 Å². The summed E-state index contributed by atoms with van der Waals surface area (Å²) in [6.07, 6.45) is 4.41. The van der Waals surface area contributed by atoms with Crippen LogP contribution in [0.1, 0.15) is 15.2 Å². The lowest BCUT2D eigenvalue weighted by molar-refractivity contribution is 0.0607. The van der Waals surface area contributed by atoms with Gasteiger partial charge >= 0.3 is 12.0 Å². The summed E-state index contributed by atoms with van der Waals surface area (Å²) in [5.41, 5.74) is 1.29. The molecule has 0 aromatic carbocycles. The minimum Gasteiger partial charge on any atom is -0.465 e. The van der Waals surface area contributed by atoms with Crippen molar-refractivity contribution >= 4 is 29.0 Å². The number of aromatic nitrogens is 2. The molecule has 1 N–H and O–H groups in total. The predicted molar refractivity (Wildman–Crippen MR) is 67.0 cm³/mol. The number of thiophene rings is 1. The van der Waals surface area contributed by atoms with Gasteiger partial charge < -0.3 is 10.1 Å². The van der Waals surface area contributed by atoms with Crippen LogP contribution in [0, 0.1) is 6.92 Å². The predicted octanol–water partition coefficient (Wildman–Crippen LogP) is 2.12. The van der Waals surface area contributed by atoms with Crippen molar-refractivity contribution in [3.05, 3.63) is 34.5 Å². The first-order chi connectivity index (χ1) is 8.63. The van der Waals surface area contributed by atoms with Crippen molar-refractivity contribution in [2.24, 2.45) is 0 Å². The molecule has 6 nitrogen and oxygen atoms in total. The van der Waals surface area contributed by atoms with Gasteiger partial charge in [0, 0.05) is 12.4 Å². The van der Waals surface area contributed by atoms with Crippen molar-refractivity contribution in [3.63, 3.8) is 0 Å². The molecule has 94 valence electrons. The van der Waals surface area contributed by atoms with Crippen LogP contribution >= 0.6 is 11.3 Å². The molecule has 18 heavy (non-hydrogen) atoms. The summed E-state index contributed by atoms with van der Waals surface area (Å²) in [6, 6.07) is -0.376. The number of nitrogens with zero attached hydrogens (tertiary/aromatic N) is 2. The number of carbonyl (C=O) groups excluding carboxylic acids is 2. The first-order valence-electron chi connectivity index (χ1n) is 5.09. The Hall–Kier alpha value is -2.15. The maximum absolute atomic E-state index is 11.9. The fourth-order valence-electron chi connectivity index (χ4n) is 1.39. The van der Waals surface area contributed by atoms with E-state index in [-0.39, 0.29) is 6.03 Å². The van der Waals surface area contributed by atoms with Crippen LogP contribution in [0.4, 0.5) is 10.5 Å². The van der Waals surface area contributed by atoms with Crippen molar-refractivity contribution in [2.75, 3.05) is 12.4 Å². The van der Waals surface area contributed by atoms with Crippen LogP contribution < -0.4 is 5.32 Å². The van der Waals surface area contributed by atoms with Crippen LogP contribution in [-0.4, -0.2) is 28.7 Å². The number of carbonyl (C=O) groups is 2. The molecule has 0 aliphatic carbocycles. The molecule has 0 fully saturated rings. The summed E-state index contributed by atoms with van der Waals surface area (Å²) in [4.78, 5) is 27.5. The molecule has 0 spiro atoms. The van der Waals surface area contributed by atoms with Gasteiger partial charge in [0.25, 0.3) is 0 Å². The second-order valence-electron chi connectivity index (χ2n) is 3.51. The number of aryl methyl sites for hydroxylation is 1. The highest BCUT2D eigenvalue weighted by atomic mass is 32.1. The van der Waals surface area contributed by atoms with E-state index in [4.69, 9.17) is 0 Å². The first kappa shape index (κ1) is 12.3. The number of esters is 1. The Labute approximate surface area is 107 Å². The number of anilines is 1. The maximum Gasteiger partial charge on any atom is 0.350 e. The largest absolute Gasteiger partial charge is 0.465 e. The van der Waals surface area contributed by atoms with Gasteiger partial charge in [-0.1, -0.05) is 0 Å². The molecule has 7 heteroatoms. The molecule has 0 saturated carbocycles. The van der Waals surface area contributed by atoms with Crippen molar-refractivity contribution in [1.29, 1.82) is 0 Å². The molecule has 0 radical (unpaired) electrons. The normalized spacial score (nSPS) is 10.1. The molecule has 2 aromatic heterocycles. The summed E-state index contributed by atoms with van der Waals surface area (Å²) in [6.45, 7) is 1.81. The Kier molecular flexibility index (Phi) is 3.42. The highest BCUT2D eigenvalue weighted by Crippen LogP contribution is 2.28. The number of hydrogen-bond donors (Lipinski definition) is 1. The smallest absolute Gasteiger partial charge is 0.350 e. The molecule has 2 rings (SSSR count). The molecule has 1 amide bonds. The second kappa shape index (κ2) is 5.01. The number of methoxy groups -OCH3 is 1. The summed E-state index contributed by atoms with van der Waals surface area (Å²) >= 11 is 1.23. The van der Waals surface area contributed by atoms with Gasteiger partial charge in [0.2, 0.25) is 0 Å². The zero-order valence-electron chi connectivity index (χ0n) is 9.84. The second-order valence-corrected chi connectivity index (χ2v) is 4.39. The maximum atomic E-state index is 11.9. The molecule has 0 unspecified atom stereocenters. The highest BCUT2D eigenvalue weighted by molar-refractivity contribution is 7.12. The third kappa shape index (κ3) is 2.25. The van der Waals surface area contributed by atoms with Gasteiger partial charge in [0.1, 0.15) is 11.2 Å². The fourth-order valence-corrected chi connectivity index (χ4v) is 2.32. The molecule has 0 saturated heterocycles. The number of amides is 1. The van der Waals surface area contributed by atoms with Crippen molar-refractivity contribution in [3.8, 4) is 0 Å². The van der Waals surface area contributed by atoms with Gasteiger partial charge in [-0.2, -0.15) is 0 Å². The van der Waals surface area contributed by atoms with E-state index < -0.39 is 5.97 Å². The van der Waals surface area contributed by atoms with Crippen LogP contribution in [0.25, 0.3) is 0 Å². The van der Waals surface area contributed by atoms with Gasteiger partial charge in [-0.05, 0) is 17.9 Å². The molecular formula is C11H11N3O3S. The van der Waals surface area contributed by atoms with E-state index in [1.165, 1.54) is 41.7 Å². The average molecular weight is 265 g/mol. The van der Waals surface area contributed by atoms with Crippen molar-refractivity contribution < 1.29 is 14.3 Å². The van der Waals surface area contributed by atoms with Gasteiger partial charge in [0.05, 0.1) is 12.8 Å². The third-order valence-electron chi connectivity index (χ3n) is 2.32. The molecule has 0 bridgehead atoms. The summed E-state index contributed by atoms with van der Waals surface area (Å²) in [7, 11) is 1.30. The monoisotopic (exact) mass is 265 g/mol. The van der Waals surface area contributed by atoms with Crippen LogP contribution in [0.2, 0.25) is 0 Å². The van der Waals surface area contributed by atoms with Gasteiger partial charge in [0.15, 0.2) is 0 Å². The molecule has 0 atom stereocenters. The molecule has 0 aliphatic rings. The molecule has 2 aromatic rings. The standard InChI is InChI=1S/C11H11N3O3S/c1-7-5-18-9(10(15)17-2)8(7)13-11(16)14-4-3-12-6-14/h3-6H,1-2H3,(H,13,16). The Morgan fingerprint density at radius 2 is 2.28 bits per heavy atom. The number of ether oxygens (including phenoxy) is 1. The molecular weight excluding hydrogens is 254 g/mol. The zero-order valence-corrected chi connectivity index (χ0v) is 10.7.